The number of unbranched alkanes of at least 4 members (excludes halogenated alkanes) is 2. The van der Waals surface area contributed by atoms with Gasteiger partial charge in [-0.05, 0) is 130 Å². The largest absolute Gasteiger partial charge is 0.462 e. The molecule has 0 saturated heterocycles. The fourth-order valence-electron chi connectivity index (χ4n) is 9.51. The van der Waals surface area contributed by atoms with E-state index in [-0.39, 0.29) is 12.1 Å². The Balaban J connectivity index is 1.33. The molecule has 0 radical (unpaired) electrons. The molecule has 2 unspecified atom stereocenters. The van der Waals surface area contributed by atoms with Gasteiger partial charge in [0.05, 0.1) is 0 Å². The molecular formula is C31H55NO2. The average molecular weight is 474 g/mol. The van der Waals surface area contributed by atoms with E-state index >= 15 is 0 Å². The maximum absolute atomic E-state index is 12.3. The van der Waals surface area contributed by atoms with Crippen LogP contribution in [-0.2, 0) is 9.53 Å². The van der Waals surface area contributed by atoms with Crippen molar-refractivity contribution >= 4 is 5.97 Å². The molecule has 4 aliphatic carbocycles. The molecular weight excluding hydrogens is 418 g/mol. The number of fused-ring (bicyclic) bond motifs is 5. The highest BCUT2D eigenvalue weighted by molar-refractivity contribution is 5.69. The molecule has 0 aromatic carbocycles. The molecule has 4 rings (SSSR count). The molecule has 34 heavy (non-hydrogen) atoms. The van der Waals surface area contributed by atoms with Crippen LogP contribution < -0.4 is 5.73 Å². The third-order valence-electron chi connectivity index (χ3n) is 11.5. The number of hydrogen-bond donors (Lipinski definition) is 1. The Morgan fingerprint density at radius 1 is 0.912 bits per heavy atom. The van der Waals surface area contributed by atoms with Gasteiger partial charge in [-0.1, -0.05) is 47.0 Å². The van der Waals surface area contributed by atoms with Crippen LogP contribution in [-0.4, -0.2) is 18.6 Å². The number of ether oxygens (including phenoxy) is 1. The first-order chi connectivity index (χ1) is 16.3. The second kappa shape index (κ2) is 11.2. The number of hydrogen-bond acceptors (Lipinski definition) is 3. The standard InChI is InChI=1S/C31H55NO2/c1-22(2)9-5-6-10-23-13-15-27-26-14-12-24-21-25(34-29(33)11-7-8-20-32)16-18-31(24,4)28(26)17-19-30(23,27)3/h22-28H,5-21,32H2,1-4H3/t23-,24?,25-,26-,27?,28-,30+,31-/m0/s1. The zero-order valence-corrected chi connectivity index (χ0v) is 23.0. The molecule has 3 nitrogen and oxygen atoms in total. The topological polar surface area (TPSA) is 52.3 Å². The summed E-state index contributed by atoms with van der Waals surface area (Å²) in [5.41, 5.74) is 6.66. The van der Waals surface area contributed by atoms with Crippen LogP contribution in [0.3, 0.4) is 0 Å². The molecule has 0 amide bonds. The number of esters is 1. The van der Waals surface area contributed by atoms with E-state index in [1.807, 2.05) is 0 Å². The van der Waals surface area contributed by atoms with Crippen LogP contribution >= 0.6 is 0 Å². The summed E-state index contributed by atoms with van der Waals surface area (Å²) in [5, 5.41) is 0. The van der Waals surface area contributed by atoms with Gasteiger partial charge in [-0.2, -0.15) is 0 Å². The van der Waals surface area contributed by atoms with Crippen molar-refractivity contribution in [2.24, 2.45) is 52.1 Å². The van der Waals surface area contributed by atoms with Gasteiger partial charge in [0.25, 0.3) is 0 Å². The van der Waals surface area contributed by atoms with Crippen LogP contribution in [0.2, 0.25) is 0 Å². The third kappa shape index (κ3) is 5.40. The molecule has 0 aliphatic heterocycles. The van der Waals surface area contributed by atoms with Crippen LogP contribution in [0.25, 0.3) is 0 Å². The minimum atomic E-state index is 0.00886. The minimum absolute atomic E-state index is 0.00886. The van der Waals surface area contributed by atoms with Crippen molar-refractivity contribution in [3.8, 4) is 0 Å². The van der Waals surface area contributed by atoms with Crippen LogP contribution in [0, 0.1) is 46.3 Å². The summed E-state index contributed by atoms with van der Waals surface area (Å²) in [5.74, 6) is 5.42. The molecule has 0 spiro atoms. The summed E-state index contributed by atoms with van der Waals surface area (Å²) in [6, 6.07) is 0. The highest BCUT2D eigenvalue weighted by Crippen LogP contribution is 2.68. The van der Waals surface area contributed by atoms with E-state index in [1.165, 1.54) is 70.6 Å². The predicted octanol–water partition coefficient (Wildman–Crippen LogP) is 7.90. The molecule has 0 aromatic rings. The average Bonchev–Trinajstić information content (AvgIpc) is 3.13. The first-order valence-electron chi connectivity index (χ1n) is 15.2. The first kappa shape index (κ1) is 26.5. The molecule has 4 fully saturated rings. The van der Waals surface area contributed by atoms with Gasteiger partial charge in [0, 0.05) is 6.42 Å². The predicted molar refractivity (Wildman–Crippen MR) is 141 cm³/mol. The molecule has 8 atom stereocenters. The summed E-state index contributed by atoms with van der Waals surface area (Å²) in [6.45, 7) is 10.7. The van der Waals surface area contributed by atoms with Crippen LogP contribution in [0.1, 0.15) is 130 Å². The van der Waals surface area contributed by atoms with Gasteiger partial charge < -0.3 is 10.5 Å². The van der Waals surface area contributed by atoms with Crippen molar-refractivity contribution in [1.82, 2.24) is 0 Å². The molecule has 4 saturated carbocycles. The Hall–Kier alpha value is -0.570. The summed E-state index contributed by atoms with van der Waals surface area (Å²) >= 11 is 0. The lowest BCUT2D eigenvalue weighted by Gasteiger charge is -2.61. The molecule has 196 valence electrons. The van der Waals surface area contributed by atoms with Crippen molar-refractivity contribution in [1.29, 1.82) is 0 Å². The summed E-state index contributed by atoms with van der Waals surface area (Å²) < 4.78 is 5.95. The number of carbonyl (C=O) groups is 1. The second-order valence-corrected chi connectivity index (χ2v) is 13.8. The van der Waals surface area contributed by atoms with Gasteiger partial charge in [-0.25, -0.2) is 0 Å². The van der Waals surface area contributed by atoms with E-state index < -0.39 is 0 Å². The highest BCUT2D eigenvalue weighted by Gasteiger charge is 2.60. The van der Waals surface area contributed by atoms with E-state index in [2.05, 4.69) is 27.7 Å². The quantitative estimate of drug-likeness (QED) is 0.259. The van der Waals surface area contributed by atoms with Gasteiger partial charge in [0.2, 0.25) is 0 Å². The first-order valence-corrected chi connectivity index (χ1v) is 15.2. The lowest BCUT2D eigenvalue weighted by atomic mass is 9.44. The maximum Gasteiger partial charge on any atom is 0.306 e. The second-order valence-electron chi connectivity index (χ2n) is 13.8. The summed E-state index contributed by atoms with van der Waals surface area (Å²) in [7, 11) is 0. The van der Waals surface area contributed by atoms with E-state index in [1.54, 1.807) is 0 Å². The van der Waals surface area contributed by atoms with Crippen molar-refractivity contribution in [2.75, 3.05) is 6.54 Å². The number of carbonyl (C=O) groups excluding carboxylic acids is 1. The van der Waals surface area contributed by atoms with Gasteiger partial charge in [-0.15, -0.1) is 0 Å². The maximum atomic E-state index is 12.3. The number of nitrogens with two attached hydrogens (primary N) is 1. The summed E-state index contributed by atoms with van der Waals surface area (Å²) in [4.78, 5) is 12.3. The lowest BCUT2D eigenvalue weighted by molar-refractivity contribution is -0.162. The van der Waals surface area contributed by atoms with Gasteiger partial charge in [0.15, 0.2) is 0 Å². The van der Waals surface area contributed by atoms with Crippen molar-refractivity contribution in [3.05, 3.63) is 0 Å². The number of rotatable bonds is 10. The Labute approximate surface area is 210 Å². The van der Waals surface area contributed by atoms with E-state index in [0.29, 0.717) is 23.8 Å². The fourth-order valence-corrected chi connectivity index (χ4v) is 9.51. The normalized spacial score (nSPS) is 41.6. The third-order valence-corrected chi connectivity index (χ3v) is 11.5. The smallest absolute Gasteiger partial charge is 0.306 e. The Morgan fingerprint density at radius 2 is 1.68 bits per heavy atom. The SMILES string of the molecule is CC(C)CCCC[C@H]1CCC2[C@@H]3CCC4C[C@@H](OC(=O)CCCCN)CC[C@]4(C)[C@H]3CC[C@@]21C. The molecule has 0 aromatic heterocycles. The summed E-state index contributed by atoms with van der Waals surface area (Å²) in [6.07, 6.45) is 20.4. The molecule has 4 aliphatic rings. The molecule has 0 heterocycles. The molecule has 3 heteroatoms. The van der Waals surface area contributed by atoms with Crippen molar-refractivity contribution in [3.63, 3.8) is 0 Å². The fraction of sp³-hybridized carbons (Fsp3) is 0.968. The molecule has 2 N–H and O–H groups in total. The zero-order chi connectivity index (χ0) is 24.3. The van der Waals surface area contributed by atoms with Crippen molar-refractivity contribution in [2.45, 2.75) is 137 Å². The monoisotopic (exact) mass is 473 g/mol. The van der Waals surface area contributed by atoms with Gasteiger partial charge in [0.1, 0.15) is 6.10 Å². The highest BCUT2D eigenvalue weighted by atomic mass is 16.5. The Bertz CT molecular complexity index is 676. The van der Waals surface area contributed by atoms with Gasteiger partial charge >= 0.3 is 5.97 Å². The van der Waals surface area contributed by atoms with Crippen LogP contribution in [0.15, 0.2) is 0 Å². The van der Waals surface area contributed by atoms with Gasteiger partial charge in [-0.3, -0.25) is 4.79 Å². The zero-order valence-electron chi connectivity index (χ0n) is 23.0. The van der Waals surface area contributed by atoms with E-state index in [9.17, 15) is 4.79 Å². The Kier molecular flexibility index (Phi) is 8.74. The lowest BCUT2D eigenvalue weighted by Crippen LogP contribution is -2.54. The van der Waals surface area contributed by atoms with Crippen LogP contribution in [0.5, 0.6) is 0 Å². The van der Waals surface area contributed by atoms with E-state index in [0.717, 1.165) is 61.2 Å². The minimum Gasteiger partial charge on any atom is -0.462 e. The van der Waals surface area contributed by atoms with E-state index in [4.69, 9.17) is 10.5 Å². The van der Waals surface area contributed by atoms with Crippen molar-refractivity contribution < 1.29 is 9.53 Å². The Morgan fingerprint density at radius 3 is 2.44 bits per heavy atom. The molecule has 0 bridgehead atoms. The van der Waals surface area contributed by atoms with Crippen LogP contribution in [0.4, 0.5) is 0 Å².